The van der Waals surface area contributed by atoms with E-state index in [4.69, 9.17) is 12.2 Å². The number of amides is 2. The molecule has 5 nitrogen and oxygen atoms in total. The third-order valence-corrected chi connectivity index (χ3v) is 2.23. The van der Waals surface area contributed by atoms with E-state index >= 15 is 0 Å². The molecule has 1 rings (SSSR count). The Morgan fingerprint density at radius 1 is 1.73 bits per heavy atom. The van der Waals surface area contributed by atoms with E-state index in [-0.39, 0.29) is 24.8 Å². The number of hydrogen-bond donors (Lipinski definition) is 2. The second kappa shape index (κ2) is 5.37. The molecule has 1 aliphatic rings. The Labute approximate surface area is 89.0 Å². The van der Waals surface area contributed by atoms with Crippen molar-refractivity contribution in [2.45, 2.75) is 18.9 Å². The monoisotopic (exact) mass is 209 g/mol. The van der Waals surface area contributed by atoms with E-state index in [1.165, 1.54) is 4.90 Å². The lowest BCUT2D eigenvalue weighted by molar-refractivity contribution is -0.136. The van der Waals surface area contributed by atoms with Gasteiger partial charge in [0, 0.05) is 19.5 Å². The van der Waals surface area contributed by atoms with Crippen LogP contribution >= 0.6 is 0 Å². The number of carbonyl (C=O) groups is 2. The van der Waals surface area contributed by atoms with Crippen LogP contribution in [0.25, 0.3) is 0 Å². The minimum Gasteiger partial charge on any atom is -0.354 e. The molecule has 1 heterocycles. The zero-order chi connectivity index (χ0) is 11.3. The number of terminal acetylenes is 1. The van der Waals surface area contributed by atoms with Crippen molar-refractivity contribution in [2.75, 3.05) is 19.6 Å². The van der Waals surface area contributed by atoms with Crippen molar-refractivity contribution in [3.05, 3.63) is 0 Å². The summed E-state index contributed by atoms with van der Waals surface area (Å²) in [5, 5.41) is 2.69. The first-order chi connectivity index (χ1) is 7.15. The van der Waals surface area contributed by atoms with Gasteiger partial charge in [-0.05, 0) is 6.42 Å². The van der Waals surface area contributed by atoms with Gasteiger partial charge in [-0.2, -0.15) is 0 Å². The van der Waals surface area contributed by atoms with E-state index in [2.05, 4.69) is 11.2 Å². The van der Waals surface area contributed by atoms with Gasteiger partial charge in [0.05, 0.1) is 12.6 Å². The van der Waals surface area contributed by atoms with Crippen LogP contribution in [0.5, 0.6) is 0 Å². The molecule has 0 spiro atoms. The van der Waals surface area contributed by atoms with Gasteiger partial charge in [0.15, 0.2) is 0 Å². The summed E-state index contributed by atoms with van der Waals surface area (Å²) in [5.41, 5.74) is 5.59. The summed E-state index contributed by atoms with van der Waals surface area (Å²) < 4.78 is 0. The van der Waals surface area contributed by atoms with Crippen molar-refractivity contribution in [1.82, 2.24) is 10.2 Å². The highest BCUT2D eigenvalue weighted by atomic mass is 16.2. The van der Waals surface area contributed by atoms with Crippen molar-refractivity contribution in [1.29, 1.82) is 0 Å². The van der Waals surface area contributed by atoms with Gasteiger partial charge in [-0.15, -0.1) is 12.3 Å². The lowest BCUT2D eigenvalue weighted by Gasteiger charge is -2.21. The summed E-state index contributed by atoms with van der Waals surface area (Å²) in [6, 6.07) is -0.694. The molecule has 0 radical (unpaired) electrons. The van der Waals surface area contributed by atoms with Crippen LogP contribution in [0.4, 0.5) is 0 Å². The number of nitrogens with one attached hydrogen (secondary N) is 1. The lowest BCUT2D eigenvalue weighted by atomic mass is 10.2. The molecule has 2 amide bonds. The molecule has 0 aromatic rings. The molecule has 1 fully saturated rings. The Bertz CT molecular complexity index is 296. The molecule has 0 aromatic carbocycles. The molecule has 0 saturated carbocycles. The highest BCUT2D eigenvalue weighted by molar-refractivity contribution is 5.87. The average Bonchev–Trinajstić information content (AvgIpc) is 2.42. The highest BCUT2D eigenvalue weighted by Gasteiger charge is 2.23. The van der Waals surface area contributed by atoms with Crippen molar-refractivity contribution >= 4 is 11.8 Å². The molecule has 1 atom stereocenters. The fourth-order valence-electron chi connectivity index (χ4n) is 1.44. The number of hydrogen-bond acceptors (Lipinski definition) is 3. The number of carbonyl (C=O) groups excluding carboxylic acids is 2. The summed E-state index contributed by atoms with van der Waals surface area (Å²) in [4.78, 5) is 24.4. The summed E-state index contributed by atoms with van der Waals surface area (Å²) in [5.74, 6) is 1.95. The minimum absolute atomic E-state index is 0.0805. The number of nitrogens with two attached hydrogens (primary N) is 1. The molecule has 1 aliphatic heterocycles. The first-order valence-electron chi connectivity index (χ1n) is 4.89. The van der Waals surface area contributed by atoms with Gasteiger partial charge >= 0.3 is 0 Å². The van der Waals surface area contributed by atoms with Crippen LogP contribution in [-0.2, 0) is 9.59 Å². The third-order valence-electron chi connectivity index (χ3n) is 2.23. The quantitative estimate of drug-likeness (QED) is 0.554. The first kappa shape index (κ1) is 11.5. The van der Waals surface area contributed by atoms with Gasteiger partial charge in [-0.1, -0.05) is 0 Å². The molecule has 0 aliphatic carbocycles. The maximum atomic E-state index is 11.7. The predicted molar refractivity (Wildman–Crippen MR) is 55.6 cm³/mol. The van der Waals surface area contributed by atoms with Crippen LogP contribution in [-0.4, -0.2) is 42.4 Å². The molecule has 15 heavy (non-hydrogen) atoms. The van der Waals surface area contributed by atoms with Gasteiger partial charge in [-0.3, -0.25) is 9.59 Å². The number of rotatable bonds is 2. The summed E-state index contributed by atoms with van der Waals surface area (Å²) >= 11 is 0. The Balaban J connectivity index is 2.57. The summed E-state index contributed by atoms with van der Waals surface area (Å²) in [6.45, 7) is 1.24. The normalized spacial score (nSPS) is 18.7. The molecule has 1 unspecified atom stereocenters. The molecular weight excluding hydrogens is 194 g/mol. The van der Waals surface area contributed by atoms with Gasteiger partial charge in [0.25, 0.3) is 0 Å². The molecule has 1 saturated heterocycles. The second-order valence-electron chi connectivity index (χ2n) is 3.48. The standard InChI is InChI=1S/C10H15N3O2/c1-2-4-8(11)10(15)13-6-3-5-12-9(14)7-13/h1,8H,3-7,11H2,(H,12,14). The van der Waals surface area contributed by atoms with Crippen molar-refractivity contribution in [2.24, 2.45) is 5.73 Å². The van der Waals surface area contributed by atoms with E-state index in [0.29, 0.717) is 13.1 Å². The topological polar surface area (TPSA) is 75.4 Å². The third kappa shape index (κ3) is 3.26. The summed E-state index contributed by atoms with van der Waals surface area (Å²) in [6.07, 6.45) is 6.03. The Hall–Kier alpha value is -1.54. The zero-order valence-electron chi connectivity index (χ0n) is 8.53. The first-order valence-corrected chi connectivity index (χ1v) is 4.89. The van der Waals surface area contributed by atoms with Gasteiger partial charge in [0.1, 0.15) is 0 Å². The van der Waals surface area contributed by atoms with E-state index in [1.807, 2.05) is 0 Å². The molecule has 3 N–H and O–H groups in total. The molecule has 82 valence electrons. The second-order valence-corrected chi connectivity index (χ2v) is 3.48. The van der Waals surface area contributed by atoms with Crippen LogP contribution < -0.4 is 11.1 Å². The van der Waals surface area contributed by atoms with Crippen molar-refractivity contribution in [3.8, 4) is 12.3 Å². The largest absolute Gasteiger partial charge is 0.354 e. The van der Waals surface area contributed by atoms with Crippen LogP contribution in [0.2, 0.25) is 0 Å². The van der Waals surface area contributed by atoms with E-state index < -0.39 is 6.04 Å². The predicted octanol–water partition coefficient (Wildman–Crippen LogP) is -1.31. The highest BCUT2D eigenvalue weighted by Crippen LogP contribution is 2.01. The Morgan fingerprint density at radius 3 is 3.13 bits per heavy atom. The average molecular weight is 209 g/mol. The molecular formula is C10H15N3O2. The fraction of sp³-hybridized carbons (Fsp3) is 0.600. The van der Waals surface area contributed by atoms with Crippen LogP contribution in [0.1, 0.15) is 12.8 Å². The van der Waals surface area contributed by atoms with Crippen LogP contribution in [0, 0.1) is 12.3 Å². The zero-order valence-corrected chi connectivity index (χ0v) is 8.53. The Kier molecular flexibility index (Phi) is 4.13. The van der Waals surface area contributed by atoms with Gasteiger partial charge in [-0.25, -0.2) is 0 Å². The molecule has 0 aromatic heterocycles. The smallest absolute Gasteiger partial charge is 0.240 e. The van der Waals surface area contributed by atoms with Gasteiger partial charge in [0.2, 0.25) is 11.8 Å². The van der Waals surface area contributed by atoms with E-state index in [0.717, 1.165) is 6.42 Å². The van der Waals surface area contributed by atoms with Crippen LogP contribution in [0.15, 0.2) is 0 Å². The lowest BCUT2D eigenvalue weighted by Crippen LogP contribution is -2.46. The van der Waals surface area contributed by atoms with Crippen molar-refractivity contribution < 1.29 is 9.59 Å². The van der Waals surface area contributed by atoms with Crippen LogP contribution in [0.3, 0.4) is 0 Å². The maximum absolute atomic E-state index is 11.7. The minimum atomic E-state index is -0.694. The summed E-state index contributed by atoms with van der Waals surface area (Å²) in [7, 11) is 0. The molecule has 5 heteroatoms. The fourth-order valence-corrected chi connectivity index (χ4v) is 1.44. The molecule has 0 bridgehead atoms. The maximum Gasteiger partial charge on any atom is 0.240 e. The number of nitrogens with zero attached hydrogens (tertiary/aromatic N) is 1. The van der Waals surface area contributed by atoms with E-state index in [1.54, 1.807) is 0 Å². The SMILES string of the molecule is C#CCC(N)C(=O)N1CCCNC(=O)C1. The van der Waals surface area contributed by atoms with Crippen molar-refractivity contribution in [3.63, 3.8) is 0 Å². The van der Waals surface area contributed by atoms with E-state index in [9.17, 15) is 9.59 Å². The Morgan fingerprint density at radius 2 is 2.47 bits per heavy atom. The van der Waals surface area contributed by atoms with Gasteiger partial charge < -0.3 is 16.0 Å².